The number of fused-ring (bicyclic) bond motifs is 1. The molecule has 0 aliphatic carbocycles. The molecule has 0 aliphatic rings. The Morgan fingerprint density at radius 3 is 2.94 bits per heavy atom. The van der Waals surface area contributed by atoms with E-state index in [9.17, 15) is 10.1 Å². The summed E-state index contributed by atoms with van der Waals surface area (Å²) in [6.45, 7) is 6.23. The SMILES string of the molecule is C=C(C)CNc1ncnc2ccc([N+](=O)[O-])cc12. The van der Waals surface area contributed by atoms with Crippen LogP contribution in [0.5, 0.6) is 0 Å². The Kier molecular flexibility index (Phi) is 3.18. The third-order valence-electron chi connectivity index (χ3n) is 2.39. The van der Waals surface area contributed by atoms with Gasteiger partial charge >= 0.3 is 0 Å². The summed E-state index contributed by atoms with van der Waals surface area (Å²) in [7, 11) is 0. The lowest BCUT2D eigenvalue weighted by molar-refractivity contribution is -0.384. The summed E-state index contributed by atoms with van der Waals surface area (Å²) in [5.41, 5.74) is 1.64. The average molecular weight is 244 g/mol. The van der Waals surface area contributed by atoms with Crippen molar-refractivity contribution in [2.75, 3.05) is 11.9 Å². The largest absolute Gasteiger partial charge is 0.366 e. The first-order chi connectivity index (χ1) is 8.58. The fourth-order valence-corrected chi connectivity index (χ4v) is 1.53. The Morgan fingerprint density at radius 2 is 2.28 bits per heavy atom. The molecule has 0 amide bonds. The van der Waals surface area contributed by atoms with E-state index in [0.29, 0.717) is 23.3 Å². The van der Waals surface area contributed by atoms with E-state index in [1.54, 1.807) is 6.07 Å². The third kappa shape index (κ3) is 2.42. The summed E-state index contributed by atoms with van der Waals surface area (Å²) >= 11 is 0. The standard InChI is InChI=1S/C12H12N4O2/c1-8(2)6-13-12-10-5-9(16(17)18)3-4-11(10)14-7-15-12/h3-5,7H,1,6H2,2H3,(H,13,14,15). The predicted octanol–water partition coefficient (Wildman–Crippen LogP) is 2.53. The minimum absolute atomic E-state index is 0.0238. The fraction of sp³-hybridized carbons (Fsp3) is 0.167. The number of aromatic nitrogens is 2. The van der Waals surface area contributed by atoms with Crippen LogP contribution in [0.4, 0.5) is 11.5 Å². The molecule has 1 N–H and O–H groups in total. The van der Waals surface area contributed by atoms with Gasteiger partial charge in [0.25, 0.3) is 5.69 Å². The number of benzene rings is 1. The summed E-state index contributed by atoms with van der Waals surface area (Å²) in [5.74, 6) is 0.576. The molecular formula is C12H12N4O2. The van der Waals surface area contributed by atoms with Gasteiger partial charge in [-0.05, 0) is 13.0 Å². The first kappa shape index (κ1) is 12.0. The Labute approximate surface area is 104 Å². The van der Waals surface area contributed by atoms with Gasteiger partial charge in [-0.25, -0.2) is 9.97 Å². The Hall–Kier alpha value is -2.50. The molecule has 0 aliphatic heterocycles. The van der Waals surface area contributed by atoms with E-state index in [2.05, 4.69) is 21.9 Å². The monoisotopic (exact) mass is 244 g/mol. The second-order valence-electron chi connectivity index (χ2n) is 3.99. The molecule has 0 bridgehead atoms. The number of hydrogen-bond donors (Lipinski definition) is 1. The van der Waals surface area contributed by atoms with Crippen LogP contribution in [0.15, 0.2) is 36.7 Å². The Morgan fingerprint density at radius 1 is 1.50 bits per heavy atom. The second kappa shape index (κ2) is 4.79. The summed E-state index contributed by atoms with van der Waals surface area (Å²) in [6.07, 6.45) is 1.43. The lowest BCUT2D eigenvalue weighted by Gasteiger charge is -2.07. The maximum Gasteiger partial charge on any atom is 0.270 e. The van der Waals surface area contributed by atoms with Crippen LogP contribution in [-0.4, -0.2) is 21.4 Å². The van der Waals surface area contributed by atoms with Crippen LogP contribution >= 0.6 is 0 Å². The molecule has 2 rings (SSSR count). The number of nitrogens with one attached hydrogen (secondary N) is 1. The molecule has 0 unspecified atom stereocenters. The van der Waals surface area contributed by atoms with Gasteiger partial charge in [-0.1, -0.05) is 12.2 Å². The normalized spacial score (nSPS) is 10.3. The third-order valence-corrected chi connectivity index (χ3v) is 2.39. The summed E-state index contributed by atoms with van der Waals surface area (Å²) in [6, 6.07) is 4.51. The lowest BCUT2D eigenvalue weighted by Crippen LogP contribution is -2.04. The molecule has 6 nitrogen and oxygen atoms in total. The number of rotatable bonds is 4. The molecule has 18 heavy (non-hydrogen) atoms. The zero-order chi connectivity index (χ0) is 13.1. The van der Waals surface area contributed by atoms with Crippen LogP contribution in [0, 0.1) is 10.1 Å². The summed E-state index contributed by atoms with van der Waals surface area (Å²) < 4.78 is 0. The molecule has 0 saturated carbocycles. The molecule has 0 atom stereocenters. The number of nitro benzene ring substituents is 1. The molecule has 1 aromatic carbocycles. The quantitative estimate of drug-likeness (QED) is 0.507. The Balaban J connectivity index is 2.48. The number of non-ortho nitro benzene ring substituents is 1. The molecule has 1 heterocycles. The maximum atomic E-state index is 10.8. The Bertz CT molecular complexity index is 625. The van der Waals surface area contributed by atoms with Crippen molar-refractivity contribution in [3.05, 3.63) is 46.8 Å². The summed E-state index contributed by atoms with van der Waals surface area (Å²) in [5, 5.41) is 14.5. The first-order valence-corrected chi connectivity index (χ1v) is 5.35. The van der Waals surface area contributed by atoms with Crippen molar-refractivity contribution in [2.45, 2.75) is 6.92 Å². The smallest absolute Gasteiger partial charge is 0.270 e. The zero-order valence-corrected chi connectivity index (χ0v) is 9.88. The van der Waals surface area contributed by atoms with Gasteiger partial charge in [0, 0.05) is 24.1 Å². The second-order valence-corrected chi connectivity index (χ2v) is 3.99. The van der Waals surface area contributed by atoms with E-state index in [4.69, 9.17) is 0 Å². The van der Waals surface area contributed by atoms with Crippen LogP contribution in [0.1, 0.15) is 6.92 Å². The molecule has 0 fully saturated rings. The molecule has 6 heteroatoms. The van der Waals surface area contributed by atoms with Gasteiger partial charge in [0.1, 0.15) is 12.1 Å². The van der Waals surface area contributed by atoms with E-state index >= 15 is 0 Å². The van der Waals surface area contributed by atoms with E-state index in [1.807, 2.05) is 6.92 Å². The lowest BCUT2D eigenvalue weighted by atomic mass is 10.2. The fourth-order valence-electron chi connectivity index (χ4n) is 1.53. The molecular weight excluding hydrogens is 232 g/mol. The van der Waals surface area contributed by atoms with Crippen molar-refractivity contribution in [1.29, 1.82) is 0 Å². The van der Waals surface area contributed by atoms with E-state index < -0.39 is 4.92 Å². The number of anilines is 1. The highest BCUT2D eigenvalue weighted by Gasteiger charge is 2.10. The molecule has 2 aromatic rings. The topological polar surface area (TPSA) is 81.0 Å². The molecule has 0 spiro atoms. The highest BCUT2D eigenvalue weighted by atomic mass is 16.6. The molecule has 0 radical (unpaired) electrons. The van der Waals surface area contributed by atoms with E-state index in [-0.39, 0.29) is 5.69 Å². The van der Waals surface area contributed by atoms with Crippen LogP contribution in [-0.2, 0) is 0 Å². The molecule has 1 aromatic heterocycles. The van der Waals surface area contributed by atoms with Crippen molar-refractivity contribution >= 4 is 22.4 Å². The van der Waals surface area contributed by atoms with E-state index in [0.717, 1.165) is 5.57 Å². The van der Waals surface area contributed by atoms with Gasteiger partial charge in [-0.3, -0.25) is 10.1 Å². The highest BCUT2D eigenvalue weighted by Crippen LogP contribution is 2.24. The van der Waals surface area contributed by atoms with Gasteiger partial charge in [-0.15, -0.1) is 0 Å². The molecule has 0 saturated heterocycles. The number of nitrogens with zero attached hydrogens (tertiary/aromatic N) is 3. The maximum absolute atomic E-state index is 10.8. The van der Waals surface area contributed by atoms with Gasteiger partial charge in [0.05, 0.1) is 10.4 Å². The number of nitro groups is 1. The van der Waals surface area contributed by atoms with Crippen LogP contribution in [0.3, 0.4) is 0 Å². The predicted molar refractivity (Wildman–Crippen MR) is 69.5 cm³/mol. The minimum atomic E-state index is -0.436. The minimum Gasteiger partial charge on any atom is -0.366 e. The van der Waals surface area contributed by atoms with Crippen LogP contribution in [0.25, 0.3) is 10.9 Å². The van der Waals surface area contributed by atoms with Crippen LogP contribution in [0.2, 0.25) is 0 Å². The van der Waals surface area contributed by atoms with Crippen molar-refractivity contribution in [1.82, 2.24) is 9.97 Å². The van der Waals surface area contributed by atoms with Gasteiger partial charge < -0.3 is 5.32 Å². The van der Waals surface area contributed by atoms with Gasteiger partial charge in [0.15, 0.2) is 0 Å². The van der Waals surface area contributed by atoms with E-state index in [1.165, 1.54) is 18.5 Å². The number of hydrogen-bond acceptors (Lipinski definition) is 5. The van der Waals surface area contributed by atoms with Gasteiger partial charge in [0.2, 0.25) is 0 Å². The average Bonchev–Trinajstić information content (AvgIpc) is 2.35. The summed E-state index contributed by atoms with van der Waals surface area (Å²) in [4.78, 5) is 18.5. The van der Waals surface area contributed by atoms with Gasteiger partial charge in [-0.2, -0.15) is 0 Å². The zero-order valence-electron chi connectivity index (χ0n) is 9.88. The van der Waals surface area contributed by atoms with Crippen molar-refractivity contribution < 1.29 is 4.92 Å². The highest BCUT2D eigenvalue weighted by molar-refractivity contribution is 5.90. The first-order valence-electron chi connectivity index (χ1n) is 5.35. The van der Waals surface area contributed by atoms with Crippen molar-refractivity contribution in [3.63, 3.8) is 0 Å². The van der Waals surface area contributed by atoms with Crippen LogP contribution < -0.4 is 5.32 Å². The van der Waals surface area contributed by atoms with Crippen molar-refractivity contribution in [2.24, 2.45) is 0 Å². The molecule has 92 valence electrons. The van der Waals surface area contributed by atoms with Crippen molar-refractivity contribution in [3.8, 4) is 0 Å².